The Labute approximate surface area is 316 Å². The SMILES string of the molecule is CCCCCC/C=C\CCCC(=O)OCC(COC(=O)CCCCCCCCCCCCCCC)OC(=O)CCCCCCCCCCCCC. The second-order valence-corrected chi connectivity index (χ2v) is 15.0. The number of unbranched alkanes of at least 4 members (excludes halogenated alkanes) is 27. The predicted molar refractivity (Wildman–Crippen MR) is 215 cm³/mol. The minimum atomic E-state index is -0.771. The molecule has 0 fully saturated rings. The highest BCUT2D eigenvalue weighted by molar-refractivity contribution is 5.71. The fourth-order valence-electron chi connectivity index (χ4n) is 6.39. The highest BCUT2D eigenvalue weighted by Crippen LogP contribution is 2.15. The number of ether oxygens (including phenoxy) is 3. The van der Waals surface area contributed by atoms with Gasteiger partial charge >= 0.3 is 17.9 Å². The van der Waals surface area contributed by atoms with Gasteiger partial charge in [0.25, 0.3) is 0 Å². The fourth-order valence-corrected chi connectivity index (χ4v) is 6.39. The minimum Gasteiger partial charge on any atom is -0.462 e. The van der Waals surface area contributed by atoms with Gasteiger partial charge in [0.05, 0.1) is 0 Å². The third-order valence-corrected chi connectivity index (χ3v) is 9.77. The molecule has 1 unspecified atom stereocenters. The number of hydrogen-bond acceptors (Lipinski definition) is 6. The molecule has 0 aromatic carbocycles. The molecule has 0 N–H and O–H groups in total. The Kier molecular flexibility index (Phi) is 39.4. The summed E-state index contributed by atoms with van der Waals surface area (Å²) in [6, 6.07) is 0. The van der Waals surface area contributed by atoms with Crippen molar-refractivity contribution in [3.05, 3.63) is 12.2 Å². The standard InChI is InChI=1S/C45H84O6/c1-4-7-10-13-16-19-21-22-24-26-29-32-35-38-44(47)50-41-42(40-49-43(46)37-34-31-28-25-18-15-12-9-6-3)51-45(48)39-36-33-30-27-23-20-17-14-11-8-5-2/h25,28,42H,4-24,26-27,29-41H2,1-3H3/b28-25-. The number of allylic oxidation sites excluding steroid dienone is 2. The molecule has 1 atom stereocenters. The van der Waals surface area contributed by atoms with E-state index in [4.69, 9.17) is 14.2 Å². The van der Waals surface area contributed by atoms with Gasteiger partial charge in [0.15, 0.2) is 6.10 Å². The molecule has 0 heterocycles. The molecule has 0 aromatic rings. The molecule has 0 saturated carbocycles. The second kappa shape index (κ2) is 40.9. The summed E-state index contributed by atoms with van der Waals surface area (Å²) < 4.78 is 16.6. The maximum atomic E-state index is 12.7. The van der Waals surface area contributed by atoms with Crippen LogP contribution in [0.3, 0.4) is 0 Å². The number of esters is 3. The Morgan fingerprint density at radius 3 is 1.06 bits per heavy atom. The second-order valence-electron chi connectivity index (χ2n) is 15.0. The number of hydrogen-bond donors (Lipinski definition) is 0. The lowest BCUT2D eigenvalue weighted by Gasteiger charge is -2.18. The first kappa shape index (κ1) is 49.1. The molecule has 0 radical (unpaired) electrons. The summed E-state index contributed by atoms with van der Waals surface area (Å²) in [5, 5.41) is 0. The maximum Gasteiger partial charge on any atom is 0.306 e. The van der Waals surface area contributed by atoms with E-state index in [1.807, 2.05) is 0 Å². The lowest BCUT2D eigenvalue weighted by Crippen LogP contribution is -2.30. The van der Waals surface area contributed by atoms with E-state index in [0.29, 0.717) is 19.3 Å². The molecule has 300 valence electrons. The minimum absolute atomic E-state index is 0.0741. The molecular weight excluding hydrogens is 636 g/mol. The average molecular weight is 721 g/mol. The zero-order valence-electron chi connectivity index (χ0n) is 34.1. The van der Waals surface area contributed by atoms with Crippen LogP contribution in [0.1, 0.15) is 239 Å². The van der Waals surface area contributed by atoms with Crippen LogP contribution in [-0.4, -0.2) is 37.2 Å². The van der Waals surface area contributed by atoms with Crippen LogP contribution in [0.5, 0.6) is 0 Å². The smallest absolute Gasteiger partial charge is 0.306 e. The zero-order chi connectivity index (χ0) is 37.3. The van der Waals surface area contributed by atoms with E-state index in [1.54, 1.807) is 0 Å². The van der Waals surface area contributed by atoms with E-state index in [1.165, 1.54) is 141 Å². The van der Waals surface area contributed by atoms with Crippen LogP contribution < -0.4 is 0 Å². The van der Waals surface area contributed by atoms with Crippen molar-refractivity contribution in [2.45, 2.75) is 245 Å². The summed E-state index contributed by atoms with van der Waals surface area (Å²) in [5.74, 6) is -0.906. The Morgan fingerprint density at radius 1 is 0.373 bits per heavy atom. The molecule has 0 bridgehead atoms. The van der Waals surface area contributed by atoms with Gasteiger partial charge in [0, 0.05) is 19.3 Å². The topological polar surface area (TPSA) is 78.9 Å². The summed E-state index contributed by atoms with van der Waals surface area (Å²) in [7, 11) is 0. The third kappa shape index (κ3) is 39.2. The molecule has 0 spiro atoms. The van der Waals surface area contributed by atoms with Crippen molar-refractivity contribution >= 4 is 17.9 Å². The van der Waals surface area contributed by atoms with E-state index in [2.05, 4.69) is 32.9 Å². The summed E-state index contributed by atoms with van der Waals surface area (Å²) in [6.45, 7) is 6.57. The molecule has 51 heavy (non-hydrogen) atoms. The van der Waals surface area contributed by atoms with Crippen molar-refractivity contribution in [2.24, 2.45) is 0 Å². The first-order valence-corrected chi connectivity index (χ1v) is 22.2. The van der Waals surface area contributed by atoms with Crippen LogP contribution >= 0.6 is 0 Å². The van der Waals surface area contributed by atoms with Crippen LogP contribution in [0.15, 0.2) is 12.2 Å². The van der Waals surface area contributed by atoms with Gasteiger partial charge in [-0.1, -0.05) is 193 Å². The molecule has 0 aliphatic heterocycles. The third-order valence-electron chi connectivity index (χ3n) is 9.77. The normalized spacial score (nSPS) is 12.0. The van der Waals surface area contributed by atoms with Crippen molar-refractivity contribution in [2.75, 3.05) is 13.2 Å². The average Bonchev–Trinajstić information content (AvgIpc) is 3.12. The van der Waals surface area contributed by atoms with Crippen molar-refractivity contribution in [3.63, 3.8) is 0 Å². The Hall–Kier alpha value is -1.85. The monoisotopic (exact) mass is 721 g/mol. The summed E-state index contributed by atoms with van der Waals surface area (Å²) >= 11 is 0. The van der Waals surface area contributed by atoms with E-state index in [-0.39, 0.29) is 31.1 Å². The molecule has 0 aliphatic carbocycles. The first-order valence-electron chi connectivity index (χ1n) is 22.2. The molecular formula is C45H84O6. The quantitative estimate of drug-likeness (QED) is 0.0271. The summed E-state index contributed by atoms with van der Waals surface area (Å²) in [6.07, 6.45) is 42.0. The molecule has 0 rings (SSSR count). The largest absolute Gasteiger partial charge is 0.462 e. The van der Waals surface area contributed by atoms with E-state index < -0.39 is 6.10 Å². The van der Waals surface area contributed by atoms with Gasteiger partial charge in [0.1, 0.15) is 13.2 Å². The number of rotatable bonds is 40. The molecule has 6 heteroatoms. The van der Waals surface area contributed by atoms with Crippen molar-refractivity contribution < 1.29 is 28.6 Å². The van der Waals surface area contributed by atoms with Gasteiger partial charge in [0.2, 0.25) is 0 Å². The molecule has 0 aliphatic rings. The fraction of sp³-hybridized carbons (Fsp3) is 0.889. The Bertz CT molecular complexity index is 794. The van der Waals surface area contributed by atoms with E-state index in [0.717, 1.165) is 57.8 Å². The first-order chi connectivity index (χ1) is 25.0. The summed E-state index contributed by atoms with van der Waals surface area (Å²) in [5.41, 5.74) is 0. The summed E-state index contributed by atoms with van der Waals surface area (Å²) in [4.78, 5) is 37.6. The van der Waals surface area contributed by atoms with Crippen LogP contribution in [0.25, 0.3) is 0 Å². The Morgan fingerprint density at radius 2 is 0.667 bits per heavy atom. The van der Waals surface area contributed by atoms with Crippen LogP contribution in [-0.2, 0) is 28.6 Å². The number of carbonyl (C=O) groups excluding carboxylic acids is 3. The molecule has 0 amide bonds. The van der Waals surface area contributed by atoms with Crippen molar-refractivity contribution in [1.82, 2.24) is 0 Å². The van der Waals surface area contributed by atoms with Gasteiger partial charge in [-0.25, -0.2) is 0 Å². The highest BCUT2D eigenvalue weighted by atomic mass is 16.6. The Balaban J connectivity index is 4.34. The zero-order valence-corrected chi connectivity index (χ0v) is 34.1. The van der Waals surface area contributed by atoms with Gasteiger partial charge in [-0.2, -0.15) is 0 Å². The maximum absolute atomic E-state index is 12.7. The van der Waals surface area contributed by atoms with Gasteiger partial charge < -0.3 is 14.2 Å². The van der Waals surface area contributed by atoms with Gasteiger partial charge in [-0.05, 0) is 38.5 Å². The van der Waals surface area contributed by atoms with Crippen LogP contribution in [0.2, 0.25) is 0 Å². The molecule has 0 aromatic heterocycles. The predicted octanol–water partition coefficient (Wildman–Crippen LogP) is 13.9. The lowest BCUT2D eigenvalue weighted by molar-refractivity contribution is -0.167. The molecule has 6 nitrogen and oxygen atoms in total. The van der Waals surface area contributed by atoms with Gasteiger partial charge in [-0.3, -0.25) is 14.4 Å². The van der Waals surface area contributed by atoms with E-state index in [9.17, 15) is 14.4 Å². The highest BCUT2D eigenvalue weighted by Gasteiger charge is 2.19. The van der Waals surface area contributed by atoms with Crippen LogP contribution in [0.4, 0.5) is 0 Å². The van der Waals surface area contributed by atoms with Crippen molar-refractivity contribution in [3.8, 4) is 0 Å². The van der Waals surface area contributed by atoms with E-state index >= 15 is 0 Å². The molecule has 0 saturated heterocycles. The van der Waals surface area contributed by atoms with Crippen molar-refractivity contribution in [1.29, 1.82) is 0 Å². The number of carbonyl (C=O) groups is 3. The van der Waals surface area contributed by atoms with Gasteiger partial charge in [-0.15, -0.1) is 0 Å². The lowest BCUT2D eigenvalue weighted by atomic mass is 10.0. The van der Waals surface area contributed by atoms with Crippen LogP contribution in [0, 0.1) is 0 Å².